The second-order valence-corrected chi connectivity index (χ2v) is 7.00. The molecule has 124 valence electrons. The molecule has 2 heterocycles. The maximum Gasteiger partial charge on any atom is 0.258 e. The van der Waals surface area contributed by atoms with Crippen molar-refractivity contribution in [1.29, 1.82) is 0 Å². The SMILES string of the molecule is Cc1cc(F)ccc1NC(=O)CSCc1cc(=O)n2ccsc2n1. The van der Waals surface area contributed by atoms with Crippen LogP contribution >= 0.6 is 23.1 Å². The maximum atomic E-state index is 13.0. The molecule has 0 atom stereocenters. The molecule has 0 saturated carbocycles. The molecule has 2 aromatic heterocycles. The quantitative estimate of drug-likeness (QED) is 0.757. The highest BCUT2D eigenvalue weighted by Crippen LogP contribution is 2.17. The summed E-state index contributed by atoms with van der Waals surface area (Å²) in [5, 5.41) is 4.55. The van der Waals surface area contributed by atoms with Crippen LogP contribution in [-0.4, -0.2) is 21.0 Å². The molecule has 8 heteroatoms. The molecule has 24 heavy (non-hydrogen) atoms. The van der Waals surface area contributed by atoms with Gasteiger partial charge in [0.1, 0.15) is 5.82 Å². The smallest absolute Gasteiger partial charge is 0.258 e. The van der Waals surface area contributed by atoms with Crippen molar-refractivity contribution >= 4 is 39.7 Å². The molecule has 1 amide bonds. The number of fused-ring (bicyclic) bond motifs is 1. The third-order valence-corrected chi connectivity index (χ3v) is 5.02. The lowest BCUT2D eigenvalue weighted by Crippen LogP contribution is -2.16. The van der Waals surface area contributed by atoms with Gasteiger partial charge in [-0.1, -0.05) is 0 Å². The van der Waals surface area contributed by atoms with Crippen LogP contribution in [0.1, 0.15) is 11.3 Å². The van der Waals surface area contributed by atoms with E-state index in [1.54, 1.807) is 24.6 Å². The summed E-state index contributed by atoms with van der Waals surface area (Å²) in [6, 6.07) is 5.70. The monoisotopic (exact) mass is 363 g/mol. The maximum absolute atomic E-state index is 13.0. The van der Waals surface area contributed by atoms with Crippen LogP contribution in [0.3, 0.4) is 0 Å². The van der Waals surface area contributed by atoms with Crippen LogP contribution in [0, 0.1) is 12.7 Å². The van der Waals surface area contributed by atoms with Crippen molar-refractivity contribution in [3.63, 3.8) is 0 Å². The Balaban J connectivity index is 1.57. The third kappa shape index (κ3) is 3.82. The van der Waals surface area contributed by atoms with Gasteiger partial charge in [-0.15, -0.1) is 23.1 Å². The molecule has 0 aliphatic rings. The van der Waals surface area contributed by atoms with E-state index in [0.717, 1.165) is 0 Å². The number of aryl methyl sites for hydroxylation is 1. The van der Waals surface area contributed by atoms with Crippen molar-refractivity contribution in [1.82, 2.24) is 9.38 Å². The Kier molecular flexibility index (Phi) is 4.96. The molecular weight excluding hydrogens is 349 g/mol. The summed E-state index contributed by atoms with van der Waals surface area (Å²) >= 11 is 2.76. The number of hydrogen-bond donors (Lipinski definition) is 1. The molecule has 1 N–H and O–H groups in total. The van der Waals surface area contributed by atoms with Gasteiger partial charge in [0.2, 0.25) is 5.91 Å². The van der Waals surface area contributed by atoms with Crippen molar-refractivity contribution in [3.8, 4) is 0 Å². The summed E-state index contributed by atoms with van der Waals surface area (Å²) in [4.78, 5) is 28.9. The highest BCUT2D eigenvalue weighted by Gasteiger charge is 2.08. The number of aromatic nitrogens is 2. The summed E-state index contributed by atoms with van der Waals surface area (Å²) in [5.41, 5.74) is 1.80. The molecule has 0 radical (unpaired) electrons. The highest BCUT2D eigenvalue weighted by molar-refractivity contribution is 7.99. The van der Waals surface area contributed by atoms with Gasteiger partial charge in [-0.2, -0.15) is 0 Å². The summed E-state index contributed by atoms with van der Waals surface area (Å²) in [6.45, 7) is 1.74. The topological polar surface area (TPSA) is 63.5 Å². The third-order valence-electron chi connectivity index (χ3n) is 3.30. The molecule has 0 unspecified atom stereocenters. The number of nitrogens with zero attached hydrogens (tertiary/aromatic N) is 2. The van der Waals surface area contributed by atoms with E-state index in [1.165, 1.54) is 45.7 Å². The number of benzene rings is 1. The average Bonchev–Trinajstić information content (AvgIpc) is 2.99. The van der Waals surface area contributed by atoms with E-state index in [-0.39, 0.29) is 23.0 Å². The van der Waals surface area contributed by atoms with Crippen molar-refractivity contribution in [2.45, 2.75) is 12.7 Å². The van der Waals surface area contributed by atoms with E-state index in [1.807, 2.05) is 0 Å². The van der Waals surface area contributed by atoms with Crippen molar-refractivity contribution in [2.75, 3.05) is 11.1 Å². The second kappa shape index (κ2) is 7.14. The lowest BCUT2D eigenvalue weighted by atomic mass is 10.2. The number of carbonyl (C=O) groups excluding carboxylic acids is 1. The molecule has 0 spiro atoms. The van der Waals surface area contributed by atoms with E-state index in [0.29, 0.717) is 27.7 Å². The normalized spacial score (nSPS) is 10.9. The van der Waals surface area contributed by atoms with Gasteiger partial charge in [0.25, 0.3) is 5.56 Å². The zero-order valence-electron chi connectivity index (χ0n) is 12.8. The predicted molar refractivity (Wildman–Crippen MR) is 95.3 cm³/mol. The van der Waals surface area contributed by atoms with Crippen LogP contribution in [0.5, 0.6) is 0 Å². The Morgan fingerprint density at radius 3 is 3.04 bits per heavy atom. The first-order chi connectivity index (χ1) is 11.5. The standard InChI is InChI=1S/C16H14FN3O2S2/c1-10-6-11(17)2-3-13(10)19-14(21)9-23-8-12-7-15(22)20-4-5-24-16(20)18-12/h2-7H,8-9H2,1H3,(H,19,21). The van der Waals surface area contributed by atoms with Gasteiger partial charge < -0.3 is 5.32 Å². The second-order valence-electron chi connectivity index (χ2n) is 5.14. The number of anilines is 1. The molecule has 3 aromatic rings. The van der Waals surface area contributed by atoms with E-state index in [4.69, 9.17) is 0 Å². The zero-order chi connectivity index (χ0) is 17.1. The van der Waals surface area contributed by atoms with Crippen molar-refractivity contribution in [3.05, 3.63) is 63.3 Å². The molecule has 5 nitrogen and oxygen atoms in total. The number of rotatable bonds is 5. The minimum Gasteiger partial charge on any atom is -0.325 e. The van der Waals surface area contributed by atoms with Gasteiger partial charge in [-0.25, -0.2) is 9.37 Å². The van der Waals surface area contributed by atoms with Crippen LogP contribution in [0.15, 0.2) is 40.6 Å². The number of thiazole rings is 1. The first-order valence-corrected chi connectivity index (χ1v) is 9.16. The fourth-order valence-corrected chi connectivity index (χ4v) is 3.62. The van der Waals surface area contributed by atoms with Gasteiger partial charge in [-0.3, -0.25) is 14.0 Å². The van der Waals surface area contributed by atoms with Gasteiger partial charge >= 0.3 is 0 Å². The van der Waals surface area contributed by atoms with E-state index in [2.05, 4.69) is 10.3 Å². The fourth-order valence-electron chi connectivity index (χ4n) is 2.16. The first-order valence-electron chi connectivity index (χ1n) is 7.12. The molecule has 3 rings (SSSR count). The molecule has 0 bridgehead atoms. The summed E-state index contributed by atoms with van der Waals surface area (Å²) in [7, 11) is 0. The van der Waals surface area contributed by atoms with Crippen LogP contribution in [0.25, 0.3) is 4.96 Å². The fraction of sp³-hybridized carbons (Fsp3) is 0.188. The van der Waals surface area contributed by atoms with Crippen molar-refractivity contribution in [2.24, 2.45) is 0 Å². The van der Waals surface area contributed by atoms with E-state index >= 15 is 0 Å². The average molecular weight is 363 g/mol. The van der Waals surface area contributed by atoms with Crippen molar-refractivity contribution < 1.29 is 9.18 Å². The largest absolute Gasteiger partial charge is 0.325 e. The summed E-state index contributed by atoms with van der Waals surface area (Å²) in [5.74, 6) is 0.187. The Bertz CT molecular complexity index is 952. The minimum atomic E-state index is -0.332. The highest BCUT2D eigenvalue weighted by atomic mass is 32.2. The van der Waals surface area contributed by atoms with Gasteiger partial charge in [-0.05, 0) is 30.7 Å². The molecule has 0 fully saturated rings. The van der Waals surface area contributed by atoms with Gasteiger partial charge in [0.05, 0.1) is 11.4 Å². The first kappa shape index (κ1) is 16.7. The van der Waals surface area contributed by atoms with E-state index in [9.17, 15) is 14.0 Å². The number of hydrogen-bond acceptors (Lipinski definition) is 5. The number of carbonyl (C=O) groups is 1. The Labute approximate surface area is 145 Å². The Morgan fingerprint density at radius 1 is 1.42 bits per heavy atom. The number of halogens is 1. The predicted octanol–water partition coefficient (Wildman–Crippen LogP) is 3.08. The van der Waals surface area contributed by atoms with Crippen LogP contribution < -0.4 is 10.9 Å². The molecule has 0 aliphatic carbocycles. The molecular formula is C16H14FN3O2S2. The van der Waals surface area contributed by atoms with Gasteiger partial charge in [0, 0.05) is 29.1 Å². The zero-order valence-corrected chi connectivity index (χ0v) is 14.4. The molecule has 1 aromatic carbocycles. The van der Waals surface area contributed by atoms with Crippen LogP contribution in [0.2, 0.25) is 0 Å². The number of amides is 1. The summed E-state index contributed by atoms with van der Waals surface area (Å²) < 4.78 is 14.5. The van der Waals surface area contributed by atoms with Crippen LogP contribution in [0.4, 0.5) is 10.1 Å². The Morgan fingerprint density at radius 2 is 2.25 bits per heavy atom. The lowest BCUT2D eigenvalue weighted by molar-refractivity contribution is -0.113. The Hall–Kier alpha value is -2.19. The molecule has 0 aliphatic heterocycles. The van der Waals surface area contributed by atoms with Crippen LogP contribution in [-0.2, 0) is 10.5 Å². The number of nitrogens with one attached hydrogen (secondary N) is 1. The van der Waals surface area contributed by atoms with Gasteiger partial charge in [0.15, 0.2) is 4.96 Å². The summed E-state index contributed by atoms with van der Waals surface area (Å²) in [6.07, 6.45) is 1.69. The lowest BCUT2D eigenvalue weighted by Gasteiger charge is -2.08. The molecule has 0 saturated heterocycles. The number of thioether (sulfide) groups is 1. The van der Waals surface area contributed by atoms with E-state index < -0.39 is 0 Å². The minimum absolute atomic E-state index is 0.122.